The molecule has 0 bridgehead atoms. The van der Waals surface area contributed by atoms with Crippen LogP contribution in [0.2, 0.25) is 0 Å². The average Bonchev–Trinajstić information content (AvgIpc) is 2.57. The number of rotatable bonds is 7. The predicted molar refractivity (Wildman–Crippen MR) is 105 cm³/mol. The van der Waals surface area contributed by atoms with E-state index < -0.39 is 0 Å². The monoisotopic (exact) mass is 426 g/mol. The zero-order chi connectivity index (χ0) is 19.1. The maximum atomic E-state index is 12.1. The number of hydrogen-bond acceptors (Lipinski definition) is 5. The summed E-state index contributed by atoms with van der Waals surface area (Å²) in [6.45, 7) is 7.13. The van der Waals surface area contributed by atoms with Gasteiger partial charge in [0.25, 0.3) is 0 Å². The molecule has 144 valence electrons. The van der Waals surface area contributed by atoms with Crippen LogP contribution in [0.15, 0.2) is 28.7 Å². The second-order valence-corrected chi connectivity index (χ2v) is 7.59. The first-order valence-corrected chi connectivity index (χ1v) is 9.60. The summed E-state index contributed by atoms with van der Waals surface area (Å²) in [5.74, 6) is -0.428. The van der Waals surface area contributed by atoms with Crippen LogP contribution >= 0.6 is 15.9 Å². The summed E-state index contributed by atoms with van der Waals surface area (Å²) in [6.07, 6.45) is -0.347. The Bertz CT molecular complexity index is 626. The smallest absolute Gasteiger partial charge is 0.243 e. The van der Waals surface area contributed by atoms with Crippen molar-refractivity contribution in [3.05, 3.63) is 28.7 Å². The highest BCUT2D eigenvalue weighted by Gasteiger charge is 2.25. The molecule has 0 saturated carbocycles. The van der Waals surface area contributed by atoms with Crippen molar-refractivity contribution >= 4 is 33.4 Å². The van der Waals surface area contributed by atoms with Gasteiger partial charge in [-0.25, -0.2) is 0 Å². The molecule has 0 spiro atoms. The van der Waals surface area contributed by atoms with E-state index in [-0.39, 0.29) is 37.0 Å². The van der Waals surface area contributed by atoms with Gasteiger partial charge in [0.05, 0.1) is 24.9 Å². The topological polar surface area (TPSA) is 84.9 Å². The van der Waals surface area contributed by atoms with E-state index in [1.807, 2.05) is 18.2 Å². The number of halogens is 1. The molecular formula is C18H27BrN4O3. The molecule has 2 rings (SSSR count). The lowest BCUT2D eigenvalue weighted by molar-refractivity contribution is -0.126. The molecule has 2 amide bonds. The number of benzene rings is 1. The van der Waals surface area contributed by atoms with E-state index in [0.29, 0.717) is 12.2 Å². The molecule has 1 heterocycles. The first-order chi connectivity index (χ1) is 12.3. The summed E-state index contributed by atoms with van der Waals surface area (Å²) in [7, 11) is 0. The van der Waals surface area contributed by atoms with Gasteiger partial charge in [0.15, 0.2) is 0 Å². The third-order valence-corrected chi connectivity index (χ3v) is 5.00. The third-order valence-electron chi connectivity index (χ3n) is 4.31. The molecule has 1 aromatic carbocycles. The molecule has 1 saturated heterocycles. The van der Waals surface area contributed by atoms with E-state index in [0.717, 1.165) is 24.1 Å². The Morgan fingerprint density at radius 1 is 1.31 bits per heavy atom. The largest absolute Gasteiger partial charge is 0.392 e. The summed E-state index contributed by atoms with van der Waals surface area (Å²) in [6, 6.07) is 7.55. The van der Waals surface area contributed by atoms with Gasteiger partial charge >= 0.3 is 0 Å². The molecule has 0 aliphatic carbocycles. The Labute approximate surface area is 162 Å². The summed E-state index contributed by atoms with van der Waals surface area (Å²) >= 11 is 3.37. The predicted octanol–water partition coefficient (Wildman–Crippen LogP) is 0.891. The van der Waals surface area contributed by atoms with Gasteiger partial charge in [-0.3, -0.25) is 19.4 Å². The SMILES string of the molecule is C[C@@H]1CN(C[C@@H](C)O)CCN1CC(=O)NCC(=O)Nc1ccccc1Br. The fourth-order valence-corrected chi connectivity index (χ4v) is 3.41. The van der Waals surface area contributed by atoms with Gasteiger partial charge in [-0.1, -0.05) is 12.1 Å². The first-order valence-electron chi connectivity index (χ1n) is 8.80. The highest BCUT2D eigenvalue weighted by molar-refractivity contribution is 9.10. The number of β-amino-alcohol motifs (C(OH)–C–C–N with tert-alkyl or cyclic N) is 1. The molecule has 3 N–H and O–H groups in total. The van der Waals surface area contributed by atoms with Crippen LogP contribution in [0.25, 0.3) is 0 Å². The van der Waals surface area contributed by atoms with E-state index in [4.69, 9.17) is 0 Å². The van der Waals surface area contributed by atoms with Crippen molar-refractivity contribution in [3.8, 4) is 0 Å². The maximum Gasteiger partial charge on any atom is 0.243 e. The minimum atomic E-state index is -0.347. The van der Waals surface area contributed by atoms with Gasteiger partial charge in [0.1, 0.15) is 0 Å². The lowest BCUT2D eigenvalue weighted by atomic mass is 10.1. The molecule has 2 atom stereocenters. The van der Waals surface area contributed by atoms with Gasteiger partial charge < -0.3 is 15.7 Å². The van der Waals surface area contributed by atoms with Crippen LogP contribution < -0.4 is 10.6 Å². The number of nitrogens with zero attached hydrogens (tertiary/aromatic N) is 2. The van der Waals surface area contributed by atoms with Crippen molar-refractivity contribution < 1.29 is 14.7 Å². The van der Waals surface area contributed by atoms with E-state index >= 15 is 0 Å². The number of aliphatic hydroxyl groups excluding tert-OH is 1. The number of piperazine rings is 1. The zero-order valence-corrected chi connectivity index (χ0v) is 16.8. The second-order valence-electron chi connectivity index (χ2n) is 6.73. The van der Waals surface area contributed by atoms with Crippen LogP contribution in [0.3, 0.4) is 0 Å². The normalized spacial score (nSPS) is 19.8. The standard InChI is InChI=1S/C18H27BrN4O3/c1-13-10-22(11-14(2)24)7-8-23(13)12-18(26)20-9-17(25)21-16-6-4-3-5-15(16)19/h3-6,13-14,24H,7-12H2,1-2H3,(H,20,26)(H,21,25)/t13-,14-/m1/s1. The van der Waals surface area contributed by atoms with Gasteiger partial charge in [0, 0.05) is 36.7 Å². The minimum Gasteiger partial charge on any atom is -0.392 e. The van der Waals surface area contributed by atoms with E-state index in [2.05, 4.69) is 43.3 Å². The zero-order valence-electron chi connectivity index (χ0n) is 15.2. The second kappa shape index (κ2) is 10.0. The fraction of sp³-hybridized carbons (Fsp3) is 0.556. The van der Waals surface area contributed by atoms with Crippen molar-refractivity contribution in [2.24, 2.45) is 0 Å². The number of nitrogens with one attached hydrogen (secondary N) is 2. The number of anilines is 1. The number of para-hydroxylation sites is 1. The fourth-order valence-electron chi connectivity index (χ4n) is 3.02. The molecule has 0 unspecified atom stereocenters. The average molecular weight is 427 g/mol. The molecule has 0 radical (unpaired) electrons. The van der Waals surface area contributed by atoms with E-state index in [1.165, 1.54) is 0 Å². The Balaban J connectivity index is 1.72. The molecule has 1 aromatic rings. The number of amides is 2. The molecular weight excluding hydrogens is 400 g/mol. The third kappa shape index (κ3) is 6.68. The molecule has 0 aromatic heterocycles. The number of aliphatic hydroxyl groups is 1. The lowest BCUT2D eigenvalue weighted by Gasteiger charge is -2.39. The Morgan fingerprint density at radius 3 is 2.69 bits per heavy atom. The molecule has 1 aliphatic rings. The highest BCUT2D eigenvalue weighted by Crippen LogP contribution is 2.20. The van der Waals surface area contributed by atoms with Crippen LogP contribution in [0.5, 0.6) is 0 Å². The lowest BCUT2D eigenvalue weighted by Crippen LogP contribution is -2.55. The van der Waals surface area contributed by atoms with Crippen LogP contribution in [0.4, 0.5) is 5.69 Å². The summed E-state index contributed by atoms with van der Waals surface area (Å²) in [5, 5.41) is 14.9. The van der Waals surface area contributed by atoms with Gasteiger partial charge in [-0.05, 0) is 41.9 Å². The van der Waals surface area contributed by atoms with Crippen LogP contribution in [-0.2, 0) is 9.59 Å². The van der Waals surface area contributed by atoms with Crippen LogP contribution in [0, 0.1) is 0 Å². The number of carbonyl (C=O) groups is 2. The maximum absolute atomic E-state index is 12.1. The van der Waals surface area contributed by atoms with Crippen molar-refractivity contribution in [2.75, 3.05) is 44.6 Å². The van der Waals surface area contributed by atoms with Crippen LogP contribution in [-0.4, -0.2) is 78.1 Å². The minimum absolute atomic E-state index is 0.0590. The van der Waals surface area contributed by atoms with Gasteiger partial charge in [-0.2, -0.15) is 0 Å². The Hall–Kier alpha value is -1.48. The first kappa shape index (κ1) is 20.8. The van der Waals surface area contributed by atoms with Gasteiger partial charge in [-0.15, -0.1) is 0 Å². The van der Waals surface area contributed by atoms with Gasteiger partial charge in [0.2, 0.25) is 11.8 Å². The highest BCUT2D eigenvalue weighted by atomic mass is 79.9. The van der Waals surface area contributed by atoms with E-state index in [9.17, 15) is 14.7 Å². The summed E-state index contributed by atoms with van der Waals surface area (Å²) in [4.78, 5) is 28.4. The molecule has 1 aliphatic heterocycles. The molecule has 8 heteroatoms. The Kier molecular flexibility index (Phi) is 8.02. The molecule has 1 fully saturated rings. The molecule has 7 nitrogen and oxygen atoms in total. The summed E-state index contributed by atoms with van der Waals surface area (Å²) in [5.41, 5.74) is 0.676. The van der Waals surface area contributed by atoms with Crippen molar-refractivity contribution in [1.82, 2.24) is 15.1 Å². The number of hydrogen-bond donors (Lipinski definition) is 3. The molecule has 26 heavy (non-hydrogen) atoms. The Morgan fingerprint density at radius 2 is 2.04 bits per heavy atom. The van der Waals surface area contributed by atoms with Crippen molar-refractivity contribution in [2.45, 2.75) is 26.0 Å². The van der Waals surface area contributed by atoms with Crippen molar-refractivity contribution in [3.63, 3.8) is 0 Å². The number of carbonyl (C=O) groups excluding carboxylic acids is 2. The van der Waals surface area contributed by atoms with Crippen molar-refractivity contribution in [1.29, 1.82) is 0 Å². The van der Waals surface area contributed by atoms with Crippen LogP contribution in [0.1, 0.15) is 13.8 Å². The quantitative estimate of drug-likeness (QED) is 0.602. The van der Waals surface area contributed by atoms with E-state index in [1.54, 1.807) is 13.0 Å². The summed E-state index contributed by atoms with van der Waals surface area (Å²) < 4.78 is 0.795.